The first-order valence-electron chi connectivity index (χ1n) is 6.28. The molecule has 2 N–H and O–H groups in total. The van der Waals surface area contributed by atoms with Crippen molar-refractivity contribution in [1.29, 1.82) is 0 Å². The fourth-order valence-electron chi connectivity index (χ4n) is 1.73. The molecular weight excluding hydrogens is 264 g/mol. The Morgan fingerprint density at radius 3 is 2.53 bits per heavy atom. The van der Waals surface area contributed by atoms with Crippen molar-refractivity contribution in [3.63, 3.8) is 0 Å². The van der Waals surface area contributed by atoms with Crippen molar-refractivity contribution in [2.45, 2.75) is 37.7 Å². The molecule has 0 aliphatic heterocycles. The summed E-state index contributed by atoms with van der Waals surface area (Å²) in [5, 5.41) is 0. The van der Waals surface area contributed by atoms with E-state index in [-0.39, 0.29) is 16.7 Å². The number of benzene rings is 1. The van der Waals surface area contributed by atoms with Crippen molar-refractivity contribution < 1.29 is 13.2 Å². The third-order valence-electron chi connectivity index (χ3n) is 2.81. The van der Waals surface area contributed by atoms with Gasteiger partial charge in [-0.05, 0) is 25.5 Å². The smallest absolute Gasteiger partial charge is 0.244 e. The van der Waals surface area contributed by atoms with Crippen molar-refractivity contribution in [1.82, 2.24) is 4.31 Å². The number of sulfonamides is 1. The summed E-state index contributed by atoms with van der Waals surface area (Å²) in [5.41, 5.74) is 6.09. The number of rotatable bonds is 6. The van der Waals surface area contributed by atoms with Gasteiger partial charge in [0.15, 0.2) is 0 Å². The van der Waals surface area contributed by atoms with Gasteiger partial charge in [-0.1, -0.05) is 19.4 Å². The normalized spacial score (nSPS) is 13.5. The van der Waals surface area contributed by atoms with Crippen LogP contribution in [0.1, 0.15) is 26.7 Å². The van der Waals surface area contributed by atoms with Gasteiger partial charge in [0, 0.05) is 14.1 Å². The van der Waals surface area contributed by atoms with E-state index in [0.717, 1.165) is 17.1 Å². The lowest BCUT2D eigenvalue weighted by atomic mass is 10.2. The van der Waals surface area contributed by atoms with Crippen LogP contribution in [0.5, 0.6) is 5.75 Å². The Morgan fingerprint density at radius 2 is 2.00 bits per heavy atom. The summed E-state index contributed by atoms with van der Waals surface area (Å²) in [6.07, 6.45) is 1.89. The minimum Gasteiger partial charge on any atom is -0.489 e. The fraction of sp³-hybridized carbons (Fsp3) is 0.538. The molecule has 0 aliphatic rings. The lowest BCUT2D eigenvalue weighted by Gasteiger charge is -2.18. The molecule has 1 atom stereocenters. The average Bonchev–Trinajstić information content (AvgIpc) is 2.31. The molecule has 108 valence electrons. The minimum absolute atomic E-state index is 0.00427. The number of nitrogens with zero attached hydrogens (tertiary/aromatic N) is 1. The van der Waals surface area contributed by atoms with Gasteiger partial charge in [-0.25, -0.2) is 12.7 Å². The van der Waals surface area contributed by atoms with Crippen LogP contribution in [0.2, 0.25) is 0 Å². The molecule has 1 unspecified atom stereocenters. The predicted molar refractivity (Wildman–Crippen MR) is 76.7 cm³/mol. The number of nitrogen functional groups attached to an aromatic ring is 1. The molecule has 5 nitrogen and oxygen atoms in total. The molecule has 0 aliphatic carbocycles. The second-order valence-corrected chi connectivity index (χ2v) is 6.79. The molecule has 1 aromatic carbocycles. The maximum Gasteiger partial charge on any atom is 0.244 e. The van der Waals surface area contributed by atoms with Crippen LogP contribution in [-0.4, -0.2) is 32.9 Å². The summed E-state index contributed by atoms with van der Waals surface area (Å²) in [7, 11) is -0.601. The molecule has 0 radical (unpaired) electrons. The van der Waals surface area contributed by atoms with E-state index in [9.17, 15) is 8.42 Å². The van der Waals surface area contributed by atoms with Crippen LogP contribution < -0.4 is 10.5 Å². The van der Waals surface area contributed by atoms with Crippen molar-refractivity contribution in [2.75, 3.05) is 19.8 Å². The van der Waals surface area contributed by atoms with Gasteiger partial charge in [0.2, 0.25) is 10.0 Å². The zero-order chi connectivity index (χ0) is 14.6. The maximum atomic E-state index is 12.1. The van der Waals surface area contributed by atoms with Gasteiger partial charge < -0.3 is 10.5 Å². The summed E-state index contributed by atoms with van der Waals surface area (Å²) >= 11 is 0. The highest BCUT2D eigenvalue weighted by molar-refractivity contribution is 7.89. The highest BCUT2D eigenvalue weighted by atomic mass is 32.2. The van der Waals surface area contributed by atoms with Gasteiger partial charge in [-0.2, -0.15) is 0 Å². The standard InChI is InChI=1S/C13H22N2O3S/c1-5-7-10(2)18-11-8-6-9-12(13(11)14)19(16,17)15(3)4/h6,8-10H,5,7,14H2,1-4H3. The predicted octanol–water partition coefficient (Wildman–Crippen LogP) is 2.09. The van der Waals surface area contributed by atoms with E-state index in [1.54, 1.807) is 12.1 Å². The number of ether oxygens (including phenoxy) is 1. The molecule has 0 spiro atoms. The van der Waals surface area contributed by atoms with Crippen LogP contribution in [-0.2, 0) is 10.0 Å². The zero-order valence-corrected chi connectivity index (χ0v) is 12.7. The summed E-state index contributed by atoms with van der Waals surface area (Å²) in [5.74, 6) is 0.420. The van der Waals surface area contributed by atoms with E-state index >= 15 is 0 Å². The monoisotopic (exact) mass is 286 g/mol. The molecular formula is C13H22N2O3S. The summed E-state index contributed by atoms with van der Waals surface area (Å²) in [6, 6.07) is 4.82. The van der Waals surface area contributed by atoms with Gasteiger partial charge in [0.1, 0.15) is 10.6 Å². The second kappa shape index (κ2) is 6.25. The SMILES string of the molecule is CCCC(C)Oc1cccc(S(=O)(=O)N(C)C)c1N. The molecule has 0 amide bonds. The zero-order valence-electron chi connectivity index (χ0n) is 11.9. The summed E-state index contributed by atoms with van der Waals surface area (Å²) in [6.45, 7) is 4.01. The van der Waals surface area contributed by atoms with Crippen LogP contribution in [0.15, 0.2) is 23.1 Å². The molecule has 6 heteroatoms. The van der Waals surface area contributed by atoms with Gasteiger partial charge >= 0.3 is 0 Å². The first-order chi connectivity index (χ1) is 8.80. The highest BCUT2D eigenvalue weighted by Crippen LogP contribution is 2.31. The largest absolute Gasteiger partial charge is 0.489 e. The van der Waals surface area contributed by atoms with Crippen LogP contribution in [0.25, 0.3) is 0 Å². The van der Waals surface area contributed by atoms with Crippen molar-refractivity contribution >= 4 is 15.7 Å². The van der Waals surface area contributed by atoms with Gasteiger partial charge in [-0.15, -0.1) is 0 Å². The average molecular weight is 286 g/mol. The first-order valence-corrected chi connectivity index (χ1v) is 7.72. The van der Waals surface area contributed by atoms with E-state index in [1.165, 1.54) is 20.2 Å². The molecule has 1 rings (SSSR count). The van der Waals surface area contributed by atoms with Gasteiger partial charge in [-0.3, -0.25) is 0 Å². The fourth-order valence-corrected chi connectivity index (χ4v) is 2.75. The second-order valence-electron chi connectivity index (χ2n) is 4.67. The lowest BCUT2D eigenvalue weighted by Crippen LogP contribution is -2.23. The van der Waals surface area contributed by atoms with Crippen molar-refractivity contribution in [3.8, 4) is 5.75 Å². The Balaban J connectivity index is 3.13. The number of hydrogen-bond acceptors (Lipinski definition) is 4. The minimum atomic E-state index is -3.55. The molecule has 19 heavy (non-hydrogen) atoms. The highest BCUT2D eigenvalue weighted by Gasteiger charge is 2.22. The lowest BCUT2D eigenvalue weighted by molar-refractivity contribution is 0.211. The van der Waals surface area contributed by atoms with E-state index in [2.05, 4.69) is 6.92 Å². The molecule has 0 fully saturated rings. The Labute approximate surface area is 115 Å². The van der Waals surface area contributed by atoms with Gasteiger partial charge in [0.25, 0.3) is 0 Å². The Kier molecular flexibility index (Phi) is 5.20. The third kappa shape index (κ3) is 3.61. The maximum absolute atomic E-state index is 12.1. The van der Waals surface area contributed by atoms with E-state index < -0.39 is 10.0 Å². The summed E-state index contributed by atoms with van der Waals surface area (Å²) in [4.78, 5) is 0.0821. The van der Waals surface area contributed by atoms with Gasteiger partial charge in [0.05, 0.1) is 11.8 Å². The Bertz CT molecular complexity index is 527. The Hall–Kier alpha value is -1.27. The van der Waals surface area contributed by atoms with Crippen LogP contribution >= 0.6 is 0 Å². The van der Waals surface area contributed by atoms with E-state index in [0.29, 0.717) is 5.75 Å². The first kappa shape index (κ1) is 15.8. The Morgan fingerprint density at radius 1 is 1.37 bits per heavy atom. The number of hydrogen-bond donors (Lipinski definition) is 1. The quantitative estimate of drug-likeness (QED) is 0.813. The molecule has 0 heterocycles. The van der Waals surface area contributed by atoms with Crippen molar-refractivity contribution in [3.05, 3.63) is 18.2 Å². The topological polar surface area (TPSA) is 72.6 Å². The van der Waals surface area contributed by atoms with Crippen LogP contribution in [0.3, 0.4) is 0 Å². The molecule has 0 saturated heterocycles. The molecule has 0 saturated carbocycles. The summed E-state index contributed by atoms with van der Waals surface area (Å²) < 4.78 is 31.0. The van der Waals surface area contributed by atoms with E-state index in [1.807, 2.05) is 6.92 Å². The van der Waals surface area contributed by atoms with Crippen LogP contribution in [0.4, 0.5) is 5.69 Å². The molecule has 0 aromatic heterocycles. The van der Waals surface area contributed by atoms with E-state index in [4.69, 9.17) is 10.5 Å². The number of nitrogens with two attached hydrogens (primary N) is 1. The van der Waals surface area contributed by atoms with Crippen LogP contribution in [0, 0.1) is 0 Å². The third-order valence-corrected chi connectivity index (χ3v) is 4.68. The van der Waals surface area contributed by atoms with Crippen molar-refractivity contribution in [2.24, 2.45) is 0 Å². The number of para-hydroxylation sites is 1. The number of anilines is 1. The molecule has 1 aromatic rings. The molecule has 0 bridgehead atoms.